The predicted molar refractivity (Wildman–Crippen MR) is 49.6 cm³/mol. The Kier molecular flexibility index (Phi) is 3.09. The van der Waals surface area contributed by atoms with Gasteiger partial charge in [0.25, 0.3) is 0 Å². The molecular formula is C10H11NO2. The number of benzene rings is 1. The molecule has 0 N–H and O–H groups in total. The molecule has 1 amide bonds. The van der Waals surface area contributed by atoms with Crippen molar-refractivity contribution in [2.45, 2.75) is 0 Å². The van der Waals surface area contributed by atoms with Crippen LogP contribution in [0.4, 0.5) is 4.79 Å². The van der Waals surface area contributed by atoms with Gasteiger partial charge in [0.15, 0.2) is 0 Å². The summed E-state index contributed by atoms with van der Waals surface area (Å²) in [5.41, 5.74) is 0.905. The van der Waals surface area contributed by atoms with E-state index in [9.17, 15) is 4.79 Å². The van der Waals surface area contributed by atoms with Crippen LogP contribution in [0.3, 0.4) is 0 Å². The summed E-state index contributed by atoms with van der Waals surface area (Å²) in [6.07, 6.45) is -0.483. The number of nitrogens with zero attached hydrogens (tertiary/aromatic N) is 1. The van der Waals surface area contributed by atoms with E-state index >= 15 is 0 Å². The van der Waals surface area contributed by atoms with Crippen molar-refractivity contribution in [3.05, 3.63) is 42.4 Å². The van der Waals surface area contributed by atoms with E-state index in [4.69, 9.17) is 0 Å². The summed E-state index contributed by atoms with van der Waals surface area (Å²) in [7, 11) is 1.32. The molecule has 0 aliphatic rings. The normalized spacial score (nSPS) is 9.00. The van der Waals surface area contributed by atoms with Crippen LogP contribution in [0.2, 0.25) is 0 Å². The van der Waals surface area contributed by atoms with Gasteiger partial charge in [-0.05, 0) is 0 Å². The molecule has 0 saturated heterocycles. The average Bonchev–Trinajstić information content (AvgIpc) is 2.18. The van der Waals surface area contributed by atoms with E-state index in [1.165, 1.54) is 7.11 Å². The lowest BCUT2D eigenvalue weighted by atomic mass is 10.2. The second-order valence-electron chi connectivity index (χ2n) is 2.48. The van der Waals surface area contributed by atoms with Crippen molar-refractivity contribution in [1.82, 2.24) is 0 Å². The Bertz CT molecular complexity index is 306. The smallest absolute Gasteiger partial charge is 0.450 e. The van der Waals surface area contributed by atoms with Gasteiger partial charge >= 0.3 is 6.09 Å². The van der Waals surface area contributed by atoms with Gasteiger partial charge in [-0.2, -0.15) is 0 Å². The van der Waals surface area contributed by atoms with Crippen LogP contribution >= 0.6 is 0 Å². The molecule has 13 heavy (non-hydrogen) atoms. The Morgan fingerprint density at radius 1 is 1.46 bits per heavy atom. The quantitative estimate of drug-likeness (QED) is 0.390. The van der Waals surface area contributed by atoms with Gasteiger partial charge < -0.3 is 4.74 Å². The number of carbonyl (C=O) groups excluding carboxylic acids is 1. The van der Waals surface area contributed by atoms with Gasteiger partial charge in [0.05, 0.1) is 13.8 Å². The molecule has 0 spiro atoms. The first-order chi connectivity index (χ1) is 6.24. The number of ether oxygens (including phenoxy) is 1. The fourth-order valence-electron chi connectivity index (χ4n) is 0.889. The van der Waals surface area contributed by atoms with Crippen molar-refractivity contribution in [3.8, 4) is 0 Å². The number of amides is 1. The predicted octanol–water partition coefficient (Wildman–Crippen LogP) is 1.68. The van der Waals surface area contributed by atoms with Crippen molar-refractivity contribution < 1.29 is 14.1 Å². The maximum absolute atomic E-state index is 10.9. The van der Waals surface area contributed by atoms with Crippen LogP contribution < -0.4 is 0 Å². The maximum atomic E-state index is 10.9. The average molecular weight is 177 g/mol. The minimum atomic E-state index is -0.483. The van der Waals surface area contributed by atoms with Crippen LogP contribution in [0, 0.1) is 6.54 Å². The largest absolute Gasteiger partial charge is 0.532 e. The molecule has 3 nitrogen and oxygen atoms in total. The highest BCUT2D eigenvalue weighted by Gasteiger charge is 2.08. The van der Waals surface area contributed by atoms with Crippen molar-refractivity contribution in [1.29, 1.82) is 0 Å². The topological polar surface area (TPSA) is 29.3 Å². The highest BCUT2D eigenvalue weighted by molar-refractivity contribution is 5.60. The van der Waals surface area contributed by atoms with Gasteiger partial charge in [-0.3, -0.25) is 0 Å². The fourth-order valence-corrected chi connectivity index (χ4v) is 0.889. The molecule has 0 aliphatic carbocycles. The summed E-state index contributed by atoms with van der Waals surface area (Å²) in [6, 6.07) is 9.43. The Hall–Kier alpha value is -1.77. The summed E-state index contributed by atoms with van der Waals surface area (Å²) >= 11 is 0. The Labute approximate surface area is 77.3 Å². The lowest BCUT2D eigenvalue weighted by Crippen LogP contribution is -2.16. The molecule has 1 rings (SSSR count). The summed E-state index contributed by atoms with van der Waals surface area (Å²) in [4.78, 5) is 10.9. The van der Waals surface area contributed by atoms with E-state index in [2.05, 4.69) is 11.5 Å². The lowest BCUT2D eigenvalue weighted by molar-refractivity contribution is -0.388. The van der Waals surface area contributed by atoms with Crippen LogP contribution in [0.25, 0.3) is 0 Å². The summed E-state index contributed by atoms with van der Waals surface area (Å²) in [5.74, 6) is 0. The van der Waals surface area contributed by atoms with Crippen LogP contribution in [-0.4, -0.2) is 24.5 Å². The van der Waals surface area contributed by atoms with Gasteiger partial charge in [-0.25, -0.2) is 9.37 Å². The van der Waals surface area contributed by atoms with Crippen LogP contribution in [0.5, 0.6) is 0 Å². The highest BCUT2D eigenvalue weighted by atomic mass is 16.5. The van der Waals surface area contributed by atoms with Crippen LogP contribution in [0.15, 0.2) is 30.3 Å². The molecule has 0 aromatic heterocycles. The number of carbonyl (C=O) groups is 1. The Morgan fingerprint density at radius 3 is 2.62 bits per heavy atom. The Balaban J connectivity index is 2.60. The molecule has 1 aromatic carbocycles. The van der Waals surface area contributed by atoms with Gasteiger partial charge in [0.1, 0.15) is 6.54 Å². The molecule has 0 aliphatic heterocycles. The molecule has 3 heteroatoms. The van der Waals surface area contributed by atoms with Crippen LogP contribution in [0.1, 0.15) is 5.56 Å². The fraction of sp³-hybridized carbons (Fsp3) is 0.100. The number of hydrogen-bond acceptors (Lipinski definition) is 2. The van der Waals surface area contributed by atoms with Crippen molar-refractivity contribution in [2.24, 2.45) is 0 Å². The van der Waals surface area contributed by atoms with E-state index in [0.717, 1.165) is 10.1 Å². The van der Waals surface area contributed by atoms with E-state index in [0.29, 0.717) is 0 Å². The van der Waals surface area contributed by atoms with Crippen molar-refractivity contribution in [3.63, 3.8) is 0 Å². The zero-order valence-corrected chi connectivity index (χ0v) is 7.43. The zero-order chi connectivity index (χ0) is 9.68. The van der Waals surface area contributed by atoms with Crippen LogP contribution in [-0.2, 0) is 4.74 Å². The van der Waals surface area contributed by atoms with Gasteiger partial charge in [-0.1, -0.05) is 23.8 Å². The van der Waals surface area contributed by atoms with E-state index in [1.54, 1.807) is 6.54 Å². The summed E-state index contributed by atoms with van der Waals surface area (Å²) in [5, 5.41) is 0. The SMILES string of the molecule is C=[N+]([CH-]c1ccccc1)C(=O)OC. The number of methoxy groups -OCH3 is 1. The highest BCUT2D eigenvalue weighted by Crippen LogP contribution is 2.02. The molecular weight excluding hydrogens is 166 g/mol. The molecule has 68 valence electrons. The molecule has 0 bridgehead atoms. The molecule has 1 aromatic rings. The summed E-state index contributed by atoms with van der Waals surface area (Å²) < 4.78 is 5.63. The minimum Gasteiger partial charge on any atom is -0.450 e. The van der Waals surface area contributed by atoms with Crippen molar-refractivity contribution in [2.75, 3.05) is 7.11 Å². The second kappa shape index (κ2) is 4.30. The first-order valence-electron chi connectivity index (χ1n) is 3.81. The van der Waals surface area contributed by atoms with Crippen molar-refractivity contribution >= 4 is 12.8 Å². The molecule has 0 saturated carbocycles. The monoisotopic (exact) mass is 177 g/mol. The zero-order valence-electron chi connectivity index (χ0n) is 7.43. The summed E-state index contributed by atoms with van der Waals surface area (Å²) in [6.45, 7) is 5.11. The van der Waals surface area contributed by atoms with E-state index < -0.39 is 6.09 Å². The molecule has 0 radical (unpaired) electrons. The molecule has 0 unspecified atom stereocenters. The minimum absolute atomic E-state index is 0.483. The molecule has 0 heterocycles. The lowest BCUT2D eigenvalue weighted by Gasteiger charge is -2.03. The second-order valence-corrected chi connectivity index (χ2v) is 2.48. The molecule has 0 fully saturated rings. The van der Waals surface area contributed by atoms with Gasteiger partial charge in [-0.15, -0.1) is 12.1 Å². The maximum Gasteiger partial charge on any atom is 0.532 e. The Morgan fingerprint density at radius 2 is 2.08 bits per heavy atom. The third-order valence-corrected chi connectivity index (χ3v) is 1.51. The van der Waals surface area contributed by atoms with Gasteiger partial charge in [0, 0.05) is 0 Å². The first-order valence-corrected chi connectivity index (χ1v) is 3.81. The van der Waals surface area contributed by atoms with Gasteiger partial charge in [0.2, 0.25) is 0 Å². The first kappa shape index (κ1) is 9.32. The standard InChI is InChI=1S/C10H11NO2/c1-11(10(12)13-2)8-9-6-4-3-5-7-9/h3-8H,1H2,2H3. The third-order valence-electron chi connectivity index (χ3n) is 1.51. The van der Waals surface area contributed by atoms with E-state index in [-0.39, 0.29) is 0 Å². The third kappa shape index (κ3) is 2.63. The number of hydrogen-bond donors (Lipinski definition) is 0. The van der Waals surface area contributed by atoms with E-state index in [1.807, 2.05) is 30.3 Å². The molecule has 0 atom stereocenters. The number of rotatable bonds is 2.